The zero-order valence-corrected chi connectivity index (χ0v) is 11.6. The first-order valence-electron chi connectivity index (χ1n) is 6.85. The van der Waals surface area contributed by atoms with E-state index in [4.69, 9.17) is 11.5 Å². The average Bonchev–Trinajstić information content (AvgIpc) is 2.31. The van der Waals surface area contributed by atoms with Gasteiger partial charge in [-0.15, -0.1) is 0 Å². The van der Waals surface area contributed by atoms with Gasteiger partial charge in [-0.25, -0.2) is 0 Å². The summed E-state index contributed by atoms with van der Waals surface area (Å²) >= 11 is 0. The predicted octanol–water partition coefficient (Wildman–Crippen LogP) is 2.89. The first kappa shape index (κ1) is 16.2. The van der Waals surface area contributed by atoms with Gasteiger partial charge in [0.05, 0.1) is 0 Å². The van der Waals surface area contributed by atoms with Crippen molar-refractivity contribution in [3.05, 3.63) is 11.1 Å². The van der Waals surface area contributed by atoms with E-state index in [9.17, 15) is 4.79 Å². The Kier molecular flexibility index (Phi) is 8.78. The maximum atomic E-state index is 11.6. The number of unbranched alkanes of at least 4 members (excludes halogenated alkanes) is 2. The zero-order chi connectivity index (χ0) is 13.3. The molecule has 0 bridgehead atoms. The molecule has 0 radical (unpaired) electrons. The van der Waals surface area contributed by atoms with E-state index in [2.05, 4.69) is 13.8 Å². The largest absolute Gasteiger partial charge is 0.366 e. The van der Waals surface area contributed by atoms with E-state index in [-0.39, 0.29) is 11.9 Å². The lowest BCUT2D eigenvalue weighted by molar-refractivity contribution is -0.114. The Labute approximate surface area is 106 Å². The van der Waals surface area contributed by atoms with Crippen LogP contribution in [-0.2, 0) is 4.79 Å². The van der Waals surface area contributed by atoms with Crippen molar-refractivity contribution in [2.45, 2.75) is 71.8 Å². The van der Waals surface area contributed by atoms with Crippen LogP contribution in [0.25, 0.3) is 0 Å². The quantitative estimate of drug-likeness (QED) is 0.608. The average molecular weight is 240 g/mol. The number of amides is 1. The monoisotopic (exact) mass is 240 g/mol. The Morgan fingerprint density at radius 2 is 1.53 bits per heavy atom. The second kappa shape index (κ2) is 9.23. The summed E-state index contributed by atoms with van der Waals surface area (Å²) in [6.07, 6.45) is 7.15. The number of nitrogens with two attached hydrogens (primary N) is 2. The molecule has 1 unspecified atom stereocenters. The molecule has 100 valence electrons. The molecule has 0 aliphatic rings. The SMILES string of the molecule is CCCCC(CCCC)=C(C(N)=O)C(N)CC. The number of allylic oxidation sites excluding steroid dienone is 1. The molecule has 0 rings (SSSR count). The highest BCUT2D eigenvalue weighted by Gasteiger charge is 2.17. The Morgan fingerprint density at radius 1 is 1.06 bits per heavy atom. The van der Waals surface area contributed by atoms with Gasteiger partial charge >= 0.3 is 0 Å². The molecule has 0 aliphatic carbocycles. The van der Waals surface area contributed by atoms with Crippen molar-refractivity contribution in [1.29, 1.82) is 0 Å². The van der Waals surface area contributed by atoms with Crippen LogP contribution in [0.4, 0.5) is 0 Å². The minimum absolute atomic E-state index is 0.198. The van der Waals surface area contributed by atoms with Crippen molar-refractivity contribution < 1.29 is 4.79 Å². The molecule has 0 spiro atoms. The minimum atomic E-state index is -0.332. The minimum Gasteiger partial charge on any atom is -0.366 e. The lowest BCUT2D eigenvalue weighted by Gasteiger charge is -2.17. The van der Waals surface area contributed by atoms with Crippen LogP contribution in [0.1, 0.15) is 65.7 Å². The molecule has 0 saturated heterocycles. The van der Waals surface area contributed by atoms with Crippen LogP contribution in [0.2, 0.25) is 0 Å². The molecule has 0 aliphatic heterocycles. The fourth-order valence-corrected chi connectivity index (χ4v) is 2.00. The fourth-order valence-electron chi connectivity index (χ4n) is 2.00. The summed E-state index contributed by atoms with van der Waals surface area (Å²) in [7, 11) is 0. The third kappa shape index (κ3) is 5.87. The zero-order valence-electron chi connectivity index (χ0n) is 11.6. The molecule has 0 fully saturated rings. The van der Waals surface area contributed by atoms with E-state index >= 15 is 0 Å². The molecule has 4 N–H and O–H groups in total. The smallest absolute Gasteiger partial charge is 0.246 e. The Bertz CT molecular complexity index is 249. The van der Waals surface area contributed by atoms with Crippen molar-refractivity contribution in [1.82, 2.24) is 0 Å². The van der Waals surface area contributed by atoms with Gasteiger partial charge in [0, 0.05) is 11.6 Å². The van der Waals surface area contributed by atoms with Gasteiger partial charge in [-0.05, 0) is 32.1 Å². The van der Waals surface area contributed by atoms with Gasteiger partial charge in [0.25, 0.3) is 0 Å². The molecule has 17 heavy (non-hydrogen) atoms. The van der Waals surface area contributed by atoms with Crippen LogP contribution in [0, 0.1) is 0 Å². The standard InChI is InChI=1S/C14H28N2O/c1-4-7-9-11(10-8-5-2)13(14(16)17)12(15)6-3/h12H,4-10,15H2,1-3H3,(H2,16,17). The molecule has 3 nitrogen and oxygen atoms in total. The van der Waals surface area contributed by atoms with Gasteiger partial charge in [0.1, 0.15) is 0 Å². The Hall–Kier alpha value is -0.830. The summed E-state index contributed by atoms with van der Waals surface area (Å²) in [5.74, 6) is -0.332. The van der Waals surface area contributed by atoms with E-state index in [1.807, 2.05) is 6.92 Å². The summed E-state index contributed by atoms with van der Waals surface area (Å²) in [6.45, 7) is 6.30. The molecule has 0 aromatic carbocycles. The maximum Gasteiger partial charge on any atom is 0.246 e. The van der Waals surface area contributed by atoms with E-state index < -0.39 is 0 Å². The van der Waals surface area contributed by atoms with E-state index in [1.165, 1.54) is 5.57 Å². The second-order valence-electron chi connectivity index (χ2n) is 4.60. The maximum absolute atomic E-state index is 11.6. The molecular formula is C14H28N2O. The third-order valence-corrected chi connectivity index (χ3v) is 3.12. The van der Waals surface area contributed by atoms with Gasteiger partial charge < -0.3 is 11.5 Å². The molecule has 1 amide bonds. The van der Waals surface area contributed by atoms with Crippen LogP contribution >= 0.6 is 0 Å². The number of primary amides is 1. The van der Waals surface area contributed by atoms with E-state index in [1.54, 1.807) is 0 Å². The topological polar surface area (TPSA) is 69.1 Å². The van der Waals surface area contributed by atoms with Crippen LogP contribution < -0.4 is 11.5 Å². The van der Waals surface area contributed by atoms with E-state index in [0.29, 0.717) is 5.57 Å². The summed E-state index contributed by atoms with van der Waals surface area (Å²) in [5.41, 5.74) is 13.4. The van der Waals surface area contributed by atoms with Crippen molar-refractivity contribution in [2.24, 2.45) is 11.5 Å². The number of carbonyl (C=O) groups is 1. The predicted molar refractivity (Wildman–Crippen MR) is 73.5 cm³/mol. The van der Waals surface area contributed by atoms with Crippen molar-refractivity contribution in [3.63, 3.8) is 0 Å². The highest BCUT2D eigenvalue weighted by molar-refractivity contribution is 5.94. The molecule has 0 aromatic heterocycles. The van der Waals surface area contributed by atoms with E-state index in [0.717, 1.165) is 44.9 Å². The molecular weight excluding hydrogens is 212 g/mol. The highest BCUT2D eigenvalue weighted by Crippen LogP contribution is 2.22. The van der Waals surface area contributed by atoms with Crippen LogP contribution in [0.3, 0.4) is 0 Å². The van der Waals surface area contributed by atoms with Crippen molar-refractivity contribution in [3.8, 4) is 0 Å². The lowest BCUT2D eigenvalue weighted by Crippen LogP contribution is -2.32. The lowest BCUT2D eigenvalue weighted by atomic mass is 9.91. The molecule has 0 saturated carbocycles. The van der Waals surface area contributed by atoms with Crippen LogP contribution in [-0.4, -0.2) is 11.9 Å². The Morgan fingerprint density at radius 3 is 1.82 bits per heavy atom. The fraction of sp³-hybridized carbons (Fsp3) is 0.786. The van der Waals surface area contributed by atoms with Crippen molar-refractivity contribution >= 4 is 5.91 Å². The third-order valence-electron chi connectivity index (χ3n) is 3.12. The van der Waals surface area contributed by atoms with Gasteiger partial charge in [-0.1, -0.05) is 39.2 Å². The van der Waals surface area contributed by atoms with Gasteiger partial charge in [0.2, 0.25) is 5.91 Å². The van der Waals surface area contributed by atoms with Gasteiger partial charge in [-0.3, -0.25) is 4.79 Å². The molecule has 0 aromatic rings. The summed E-state index contributed by atoms with van der Waals surface area (Å²) < 4.78 is 0. The summed E-state index contributed by atoms with van der Waals surface area (Å²) in [4.78, 5) is 11.6. The van der Waals surface area contributed by atoms with Gasteiger partial charge in [-0.2, -0.15) is 0 Å². The van der Waals surface area contributed by atoms with Crippen LogP contribution in [0.15, 0.2) is 11.1 Å². The number of hydrogen-bond donors (Lipinski definition) is 2. The molecule has 1 atom stereocenters. The summed E-state index contributed by atoms with van der Waals surface area (Å²) in [6, 6.07) is -0.198. The summed E-state index contributed by atoms with van der Waals surface area (Å²) in [5, 5.41) is 0. The highest BCUT2D eigenvalue weighted by atomic mass is 16.1. The molecule has 0 heterocycles. The van der Waals surface area contributed by atoms with Gasteiger partial charge in [0.15, 0.2) is 0 Å². The first-order valence-corrected chi connectivity index (χ1v) is 6.85. The normalized spacial score (nSPS) is 12.2. The second-order valence-corrected chi connectivity index (χ2v) is 4.60. The Balaban J connectivity index is 5.00. The number of carbonyl (C=O) groups excluding carboxylic acids is 1. The number of hydrogen-bond acceptors (Lipinski definition) is 2. The van der Waals surface area contributed by atoms with Crippen LogP contribution in [0.5, 0.6) is 0 Å². The molecule has 3 heteroatoms. The number of rotatable bonds is 9. The van der Waals surface area contributed by atoms with Crippen molar-refractivity contribution in [2.75, 3.05) is 0 Å². The first-order chi connectivity index (χ1) is 8.08.